The number of anilines is 1. The zero-order valence-corrected chi connectivity index (χ0v) is 14.9. The normalized spacial score (nSPS) is 11.3. The van der Waals surface area contributed by atoms with Gasteiger partial charge < -0.3 is 10.1 Å². The lowest BCUT2D eigenvalue weighted by Gasteiger charge is -2.06. The summed E-state index contributed by atoms with van der Waals surface area (Å²) in [6.07, 6.45) is 1.55. The third kappa shape index (κ3) is 2.73. The number of rotatable bonds is 4. The molecule has 0 unspecified atom stereocenters. The second-order valence-corrected chi connectivity index (χ2v) is 6.91. The van der Waals surface area contributed by atoms with Crippen molar-refractivity contribution in [3.63, 3.8) is 0 Å². The molecule has 2 N–H and O–H groups in total. The molecular formula is C18H15FN4O2S. The third-order valence-electron chi connectivity index (χ3n) is 4.12. The zero-order valence-electron chi connectivity index (χ0n) is 14.1. The number of methoxy groups -OCH3 is 1. The average Bonchev–Trinajstić information content (AvgIpc) is 3.18. The van der Waals surface area contributed by atoms with Crippen molar-refractivity contribution >= 4 is 44.1 Å². The predicted octanol–water partition coefficient (Wildman–Crippen LogP) is 4.02. The summed E-state index contributed by atoms with van der Waals surface area (Å²) in [7, 11) is 1.52. The SMILES string of the molecule is COCc1c(C(=O)Nc2cnc3n[nH]c(C)c3c2)sc2cccc(F)c12. The Morgan fingerprint density at radius 2 is 2.27 bits per heavy atom. The monoisotopic (exact) mass is 370 g/mol. The second kappa shape index (κ2) is 6.47. The standard InChI is InChI=1S/C18H15FN4O2S/c1-9-11-6-10(7-20-17(11)23-22-9)21-18(24)16-12(8-25-2)15-13(19)4-3-5-14(15)26-16/h3-7H,8H2,1-2H3,(H,21,24)(H,20,22,23). The van der Waals surface area contributed by atoms with Gasteiger partial charge in [-0.15, -0.1) is 11.3 Å². The van der Waals surface area contributed by atoms with Gasteiger partial charge in [0.2, 0.25) is 0 Å². The molecule has 3 aromatic heterocycles. The minimum atomic E-state index is -0.359. The van der Waals surface area contributed by atoms with Crippen molar-refractivity contribution in [2.24, 2.45) is 0 Å². The first-order valence-corrected chi connectivity index (χ1v) is 8.71. The van der Waals surface area contributed by atoms with E-state index < -0.39 is 0 Å². The largest absolute Gasteiger partial charge is 0.380 e. The summed E-state index contributed by atoms with van der Waals surface area (Å²) in [5.74, 6) is -0.679. The van der Waals surface area contributed by atoms with Crippen LogP contribution in [0.5, 0.6) is 0 Å². The van der Waals surface area contributed by atoms with Gasteiger partial charge in [-0.25, -0.2) is 9.37 Å². The Balaban J connectivity index is 1.74. The molecule has 0 aliphatic heterocycles. The highest BCUT2D eigenvalue weighted by Gasteiger charge is 2.21. The topological polar surface area (TPSA) is 79.9 Å². The number of hydrogen-bond acceptors (Lipinski definition) is 5. The number of amides is 1. The molecule has 0 atom stereocenters. The van der Waals surface area contributed by atoms with E-state index in [0.717, 1.165) is 11.1 Å². The molecule has 4 rings (SSSR count). The number of aryl methyl sites for hydroxylation is 1. The van der Waals surface area contributed by atoms with E-state index in [2.05, 4.69) is 20.5 Å². The Morgan fingerprint density at radius 3 is 3.08 bits per heavy atom. The van der Waals surface area contributed by atoms with E-state index in [1.165, 1.54) is 24.5 Å². The summed E-state index contributed by atoms with van der Waals surface area (Å²) >= 11 is 1.24. The Bertz CT molecular complexity index is 1140. The van der Waals surface area contributed by atoms with E-state index in [-0.39, 0.29) is 18.3 Å². The summed E-state index contributed by atoms with van der Waals surface area (Å²) < 4.78 is 20.2. The molecule has 8 heteroatoms. The van der Waals surface area contributed by atoms with Crippen molar-refractivity contribution in [1.29, 1.82) is 0 Å². The molecule has 1 amide bonds. The van der Waals surface area contributed by atoms with Crippen molar-refractivity contribution in [3.05, 3.63) is 52.4 Å². The Kier molecular flexibility index (Phi) is 4.14. The molecule has 132 valence electrons. The Labute approximate surface area is 152 Å². The number of ether oxygens (including phenoxy) is 1. The molecule has 3 heterocycles. The average molecular weight is 370 g/mol. The van der Waals surface area contributed by atoms with Gasteiger partial charge in [-0.3, -0.25) is 9.89 Å². The molecule has 6 nitrogen and oxygen atoms in total. The Morgan fingerprint density at radius 1 is 1.42 bits per heavy atom. The van der Waals surface area contributed by atoms with Crippen LogP contribution >= 0.6 is 11.3 Å². The summed E-state index contributed by atoms with van der Waals surface area (Å²) in [5.41, 5.74) is 2.56. The van der Waals surface area contributed by atoms with E-state index in [4.69, 9.17) is 4.74 Å². The van der Waals surface area contributed by atoms with E-state index in [0.29, 0.717) is 31.9 Å². The highest BCUT2D eigenvalue weighted by molar-refractivity contribution is 7.21. The van der Waals surface area contributed by atoms with Crippen LogP contribution < -0.4 is 5.32 Å². The number of thiophene rings is 1. The minimum Gasteiger partial charge on any atom is -0.380 e. The smallest absolute Gasteiger partial charge is 0.266 e. The molecule has 0 bridgehead atoms. The predicted molar refractivity (Wildman–Crippen MR) is 99.1 cm³/mol. The first-order chi connectivity index (χ1) is 12.6. The second-order valence-electron chi connectivity index (χ2n) is 5.85. The molecule has 0 fully saturated rings. The van der Waals surface area contributed by atoms with Crippen molar-refractivity contribution < 1.29 is 13.9 Å². The van der Waals surface area contributed by atoms with Crippen LogP contribution in [0.25, 0.3) is 21.1 Å². The van der Waals surface area contributed by atoms with Gasteiger partial charge in [0.15, 0.2) is 5.65 Å². The van der Waals surface area contributed by atoms with Crippen LogP contribution in [0.3, 0.4) is 0 Å². The van der Waals surface area contributed by atoms with Crippen molar-refractivity contribution in [3.8, 4) is 0 Å². The fourth-order valence-corrected chi connectivity index (χ4v) is 4.03. The van der Waals surface area contributed by atoms with Crippen LogP contribution in [-0.4, -0.2) is 28.2 Å². The molecule has 0 saturated heterocycles. The lowest BCUT2D eigenvalue weighted by atomic mass is 10.1. The van der Waals surface area contributed by atoms with Gasteiger partial charge in [0.05, 0.1) is 23.4 Å². The lowest BCUT2D eigenvalue weighted by Crippen LogP contribution is -2.12. The van der Waals surface area contributed by atoms with Crippen LogP contribution in [0.1, 0.15) is 20.9 Å². The zero-order chi connectivity index (χ0) is 18.3. The molecule has 0 saturated carbocycles. The van der Waals surface area contributed by atoms with Crippen LogP contribution in [0.4, 0.5) is 10.1 Å². The number of halogens is 1. The van der Waals surface area contributed by atoms with Gasteiger partial charge in [-0.2, -0.15) is 5.10 Å². The fraction of sp³-hybridized carbons (Fsp3) is 0.167. The highest BCUT2D eigenvalue weighted by Crippen LogP contribution is 2.34. The van der Waals surface area contributed by atoms with Crippen molar-refractivity contribution in [2.75, 3.05) is 12.4 Å². The van der Waals surface area contributed by atoms with Crippen LogP contribution in [0.15, 0.2) is 30.5 Å². The quantitative estimate of drug-likeness (QED) is 0.569. The number of benzene rings is 1. The summed E-state index contributed by atoms with van der Waals surface area (Å²) in [6.45, 7) is 2.04. The first-order valence-electron chi connectivity index (χ1n) is 7.89. The fourth-order valence-electron chi connectivity index (χ4n) is 2.91. The van der Waals surface area contributed by atoms with Gasteiger partial charge in [0, 0.05) is 33.8 Å². The molecule has 0 radical (unpaired) electrons. The van der Waals surface area contributed by atoms with Crippen molar-refractivity contribution in [2.45, 2.75) is 13.5 Å². The number of fused-ring (bicyclic) bond motifs is 2. The molecule has 1 aromatic carbocycles. The number of H-pyrrole nitrogens is 1. The molecule has 26 heavy (non-hydrogen) atoms. The van der Waals surface area contributed by atoms with Crippen LogP contribution in [0.2, 0.25) is 0 Å². The number of aromatic nitrogens is 3. The number of aromatic amines is 1. The van der Waals surface area contributed by atoms with Crippen LogP contribution in [-0.2, 0) is 11.3 Å². The summed E-state index contributed by atoms with van der Waals surface area (Å²) in [5, 5.41) is 11.0. The third-order valence-corrected chi connectivity index (χ3v) is 5.31. The van der Waals surface area contributed by atoms with Crippen molar-refractivity contribution in [1.82, 2.24) is 15.2 Å². The van der Waals surface area contributed by atoms with E-state index in [1.807, 2.05) is 13.0 Å². The van der Waals surface area contributed by atoms with Gasteiger partial charge in [-0.1, -0.05) is 6.07 Å². The van der Waals surface area contributed by atoms with Crippen LogP contribution in [0, 0.1) is 12.7 Å². The molecule has 4 aromatic rings. The maximum absolute atomic E-state index is 14.3. The highest BCUT2D eigenvalue weighted by atomic mass is 32.1. The maximum atomic E-state index is 14.3. The van der Waals surface area contributed by atoms with Gasteiger partial charge >= 0.3 is 0 Å². The first kappa shape index (κ1) is 16.6. The molecular weight excluding hydrogens is 355 g/mol. The molecule has 0 spiro atoms. The summed E-state index contributed by atoms with van der Waals surface area (Å²) in [6, 6.07) is 6.62. The lowest BCUT2D eigenvalue weighted by molar-refractivity contribution is 0.102. The number of hydrogen-bond donors (Lipinski definition) is 2. The van der Waals surface area contributed by atoms with Gasteiger partial charge in [0.1, 0.15) is 5.82 Å². The van der Waals surface area contributed by atoms with E-state index in [1.54, 1.807) is 18.3 Å². The maximum Gasteiger partial charge on any atom is 0.266 e. The molecule has 0 aliphatic rings. The molecule has 0 aliphatic carbocycles. The Hall–Kier alpha value is -2.84. The number of carbonyl (C=O) groups excluding carboxylic acids is 1. The number of nitrogens with one attached hydrogen (secondary N) is 2. The van der Waals surface area contributed by atoms with E-state index >= 15 is 0 Å². The number of pyridine rings is 1. The number of nitrogens with zero attached hydrogens (tertiary/aromatic N) is 2. The van der Waals surface area contributed by atoms with E-state index in [9.17, 15) is 9.18 Å². The number of carbonyl (C=O) groups is 1. The minimum absolute atomic E-state index is 0.155. The van der Waals surface area contributed by atoms with Gasteiger partial charge in [0.25, 0.3) is 5.91 Å². The summed E-state index contributed by atoms with van der Waals surface area (Å²) in [4.78, 5) is 17.5. The van der Waals surface area contributed by atoms with Gasteiger partial charge in [-0.05, 0) is 25.1 Å².